The summed E-state index contributed by atoms with van der Waals surface area (Å²) in [5.41, 5.74) is 5.08. The first-order valence-corrected chi connectivity index (χ1v) is 11.5. The monoisotopic (exact) mass is 486 g/mol. The average molecular weight is 487 g/mol. The maximum atomic E-state index is 13.0. The quantitative estimate of drug-likeness (QED) is 0.280. The molecule has 0 bridgehead atoms. The molecule has 3 aromatic rings. The number of benzene rings is 3. The van der Waals surface area contributed by atoms with E-state index in [2.05, 4.69) is 5.43 Å². The second-order valence-electron chi connectivity index (χ2n) is 7.90. The van der Waals surface area contributed by atoms with Crippen molar-refractivity contribution in [1.29, 1.82) is 0 Å². The van der Waals surface area contributed by atoms with Gasteiger partial charge in [-0.25, -0.2) is 9.80 Å². The summed E-state index contributed by atoms with van der Waals surface area (Å²) in [6.45, 7) is 2.47. The fourth-order valence-corrected chi connectivity index (χ4v) is 3.68. The molecule has 1 fully saturated rings. The Labute approximate surface area is 209 Å². The summed E-state index contributed by atoms with van der Waals surface area (Å²) in [5.74, 6) is -0.429. The predicted molar refractivity (Wildman–Crippen MR) is 135 cm³/mol. The smallest absolute Gasteiger partial charge is 0.338 e. The third-order valence-corrected chi connectivity index (χ3v) is 5.52. The number of esters is 1. The zero-order valence-electron chi connectivity index (χ0n) is 20.0. The molecule has 0 unspecified atom stereocenters. The van der Waals surface area contributed by atoms with Crippen molar-refractivity contribution in [2.45, 2.75) is 13.3 Å². The first-order chi connectivity index (χ1) is 17.5. The van der Waals surface area contributed by atoms with E-state index in [9.17, 15) is 14.4 Å². The van der Waals surface area contributed by atoms with E-state index < -0.39 is 17.8 Å². The van der Waals surface area contributed by atoms with Crippen LogP contribution in [0.25, 0.3) is 6.08 Å². The van der Waals surface area contributed by atoms with Crippen molar-refractivity contribution in [3.05, 3.63) is 95.1 Å². The molecule has 4 rings (SSSR count). The number of carbonyl (C=O) groups is 3. The molecule has 36 heavy (non-hydrogen) atoms. The van der Waals surface area contributed by atoms with Gasteiger partial charge in [0.15, 0.2) is 11.5 Å². The van der Waals surface area contributed by atoms with Crippen molar-refractivity contribution in [2.24, 2.45) is 0 Å². The highest BCUT2D eigenvalue weighted by Gasteiger charge is 2.34. The number of nitrogens with zero attached hydrogens (tertiary/aromatic N) is 1. The number of nitrogens with one attached hydrogen (secondary N) is 1. The summed E-state index contributed by atoms with van der Waals surface area (Å²) in [6, 6.07) is 21.4. The van der Waals surface area contributed by atoms with Gasteiger partial charge in [0.2, 0.25) is 0 Å². The van der Waals surface area contributed by atoms with Crippen molar-refractivity contribution >= 4 is 29.5 Å². The number of methoxy groups -OCH3 is 1. The molecule has 1 aliphatic rings. The summed E-state index contributed by atoms with van der Waals surface area (Å²) in [7, 11) is 1.53. The maximum absolute atomic E-state index is 13.0. The molecule has 0 radical (unpaired) electrons. The molecule has 0 aliphatic carbocycles. The van der Waals surface area contributed by atoms with Crippen molar-refractivity contribution in [1.82, 2.24) is 5.43 Å². The van der Waals surface area contributed by atoms with Crippen LogP contribution < -0.4 is 19.9 Å². The van der Waals surface area contributed by atoms with Gasteiger partial charge in [0.1, 0.15) is 5.57 Å². The van der Waals surface area contributed by atoms with Crippen LogP contribution in [0, 0.1) is 0 Å². The Morgan fingerprint density at radius 2 is 1.72 bits per heavy atom. The molecule has 8 heteroatoms. The van der Waals surface area contributed by atoms with E-state index in [1.807, 2.05) is 30.3 Å². The van der Waals surface area contributed by atoms with Gasteiger partial charge in [0, 0.05) is 6.42 Å². The molecular weight excluding hydrogens is 460 g/mol. The van der Waals surface area contributed by atoms with E-state index in [-0.39, 0.29) is 12.2 Å². The Morgan fingerprint density at radius 1 is 0.972 bits per heavy atom. The standard InChI is InChI=1S/C28H26N2O6/c1-3-35-28(33)21-10-12-22(13-11-21)30-27(32)23(26(31)29-30)17-20-9-14-24(25(18-20)34-2)36-16-15-19-7-5-4-6-8-19/h4-14,17-18H,3,15-16H2,1-2H3,(H,29,31)/b23-17+. The van der Waals surface area contributed by atoms with Crippen molar-refractivity contribution in [3.63, 3.8) is 0 Å². The molecule has 0 atom stereocenters. The van der Waals surface area contributed by atoms with Gasteiger partial charge in [0.25, 0.3) is 11.8 Å². The number of rotatable bonds is 9. The van der Waals surface area contributed by atoms with E-state index in [1.54, 1.807) is 37.3 Å². The topological polar surface area (TPSA) is 94.2 Å². The summed E-state index contributed by atoms with van der Waals surface area (Å²) < 4.78 is 16.3. The molecule has 8 nitrogen and oxygen atoms in total. The van der Waals surface area contributed by atoms with Crippen LogP contribution in [0.1, 0.15) is 28.4 Å². The second kappa shape index (κ2) is 11.2. The fraction of sp³-hybridized carbons (Fsp3) is 0.179. The molecule has 0 spiro atoms. The van der Waals surface area contributed by atoms with Crippen LogP contribution in [0.15, 0.2) is 78.4 Å². The van der Waals surface area contributed by atoms with Gasteiger partial charge in [-0.2, -0.15) is 0 Å². The average Bonchev–Trinajstić information content (AvgIpc) is 3.18. The van der Waals surface area contributed by atoms with Gasteiger partial charge in [-0.15, -0.1) is 0 Å². The van der Waals surface area contributed by atoms with E-state index >= 15 is 0 Å². The number of anilines is 1. The minimum absolute atomic E-state index is 0.0238. The second-order valence-corrected chi connectivity index (χ2v) is 7.90. The van der Waals surface area contributed by atoms with E-state index in [0.717, 1.165) is 11.4 Å². The Balaban J connectivity index is 1.46. The van der Waals surface area contributed by atoms with Gasteiger partial charge >= 0.3 is 5.97 Å². The van der Waals surface area contributed by atoms with Gasteiger partial charge in [-0.05, 0) is 60.5 Å². The molecule has 0 aromatic heterocycles. The number of amides is 2. The third-order valence-electron chi connectivity index (χ3n) is 5.52. The molecule has 3 aromatic carbocycles. The van der Waals surface area contributed by atoms with Gasteiger partial charge in [-0.3, -0.25) is 15.0 Å². The number of hydrogen-bond acceptors (Lipinski definition) is 6. The third kappa shape index (κ3) is 5.55. The molecule has 0 saturated carbocycles. The Hall–Kier alpha value is -4.59. The minimum atomic E-state index is -0.531. The molecule has 2 amide bonds. The highest BCUT2D eigenvalue weighted by Crippen LogP contribution is 2.30. The lowest BCUT2D eigenvalue weighted by atomic mass is 10.1. The summed E-state index contributed by atoms with van der Waals surface area (Å²) >= 11 is 0. The lowest BCUT2D eigenvalue weighted by molar-refractivity contribution is -0.117. The van der Waals surface area contributed by atoms with Crippen molar-refractivity contribution in [3.8, 4) is 11.5 Å². The lowest BCUT2D eigenvalue weighted by Crippen LogP contribution is -2.35. The normalized spacial score (nSPS) is 14.1. The number of carbonyl (C=O) groups excluding carboxylic acids is 3. The predicted octanol–water partition coefficient (Wildman–Crippen LogP) is 3.95. The molecular formula is C28H26N2O6. The zero-order valence-corrected chi connectivity index (χ0v) is 20.0. The number of hydrogen-bond donors (Lipinski definition) is 1. The van der Waals surface area contributed by atoms with Crippen LogP contribution in [0.3, 0.4) is 0 Å². The lowest BCUT2D eigenvalue weighted by Gasteiger charge is -2.15. The van der Waals surface area contributed by atoms with Crippen LogP contribution in [0.4, 0.5) is 5.69 Å². The molecule has 1 heterocycles. The highest BCUT2D eigenvalue weighted by atomic mass is 16.5. The highest BCUT2D eigenvalue weighted by molar-refractivity contribution is 6.31. The summed E-state index contributed by atoms with van der Waals surface area (Å²) in [4.78, 5) is 37.4. The van der Waals surface area contributed by atoms with Crippen LogP contribution >= 0.6 is 0 Å². The van der Waals surface area contributed by atoms with Crippen LogP contribution in [-0.4, -0.2) is 38.1 Å². The molecule has 1 aliphatic heterocycles. The molecule has 1 N–H and O–H groups in total. The van der Waals surface area contributed by atoms with Crippen LogP contribution in [0.5, 0.6) is 11.5 Å². The summed E-state index contributed by atoms with van der Waals surface area (Å²) in [6.07, 6.45) is 2.25. The number of hydrazine groups is 1. The number of ether oxygens (including phenoxy) is 3. The van der Waals surface area contributed by atoms with E-state index in [0.29, 0.717) is 34.9 Å². The minimum Gasteiger partial charge on any atom is -0.493 e. The SMILES string of the molecule is CCOC(=O)c1ccc(N2NC(=O)/C(=C\c3ccc(OCCc4ccccc4)c(OC)c3)C2=O)cc1. The summed E-state index contributed by atoms with van der Waals surface area (Å²) in [5, 5.41) is 1.14. The van der Waals surface area contributed by atoms with Crippen LogP contribution in [0.2, 0.25) is 0 Å². The Morgan fingerprint density at radius 3 is 2.42 bits per heavy atom. The Kier molecular flexibility index (Phi) is 7.65. The van der Waals surface area contributed by atoms with Gasteiger partial charge in [0.05, 0.1) is 31.6 Å². The van der Waals surface area contributed by atoms with Crippen LogP contribution in [-0.2, 0) is 20.7 Å². The van der Waals surface area contributed by atoms with E-state index in [1.165, 1.54) is 30.9 Å². The first-order valence-electron chi connectivity index (χ1n) is 11.5. The molecule has 1 saturated heterocycles. The zero-order chi connectivity index (χ0) is 25.5. The molecule has 184 valence electrons. The Bertz CT molecular complexity index is 1290. The van der Waals surface area contributed by atoms with Crippen molar-refractivity contribution < 1.29 is 28.6 Å². The fourth-order valence-electron chi connectivity index (χ4n) is 3.68. The van der Waals surface area contributed by atoms with Crippen molar-refractivity contribution in [2.75, 3.05) is 25.3 Å². The first kappa shape index (κ1) is 24.5. The van der Waals surface area contributed by atoms with E-state index in [4.69, 9.17) is 14.2 Å². The van der Waals surface area contributed by atoms with Gasteiger partial charge in [-0.1, -0.05) is 36.4 Å². The van der Waals surface area contributed by atoms with Gasteiger partial charge < -0.3 is 14.2 Å². The maximum Gasteiger partial charge on any atom is 0.338 e. The largest absolute Gasteiger partial charge is 0.493 e.